The summed E-state index contributed by atoms with van der Waals surface area (Å²) < 4.78 is 1.30. The molecular formula is C48H29N3S2. The number of aromatic nitrogens is 3. The maximum Gasteiger partial charge on any atom is 0.164 e. The van der Waals surface area contributed by atoms with E-state index in [2.05, 4.69) is 115 Å². The Bertz CT molecular complexity index is 2760. The van der Waals surface area contributed by atoms with Crippen molar-refractivity contribution >= 4 is 33.2 Å². The minimum atomic E-state index is -0.429. The van der Waals surface area contributed by atoms with Gasteiger partial charge in [0.2, 0.25) is 0 Å². The zero-order valence-electron chi connectivity index (χ0n) is 28.4. The lowest BCUT2D eigenvalue weighted by Gasteiger charge is -2.39. The lowest BCUT2D eigenvalue weighted by Crippen LogP contribution is -2.31. The van der Waals surface area contributed by atoms with Crippen molar-refractivity contribution in [2.75, 3.05) is 0 Å². The topological polar surface area (TPSA) is 38.7 Å². The van der Waals surface area contributed by atoms with Crippen LogP contribution in [0, 0.1) is 0 Å². The molecular weight excluding hydrogens is 683 g/mol. The second-order valence-corrected chi connectivity index (χ2v) is 15.5. The Morgan fingerprint density at radius 1 is 0.396 bits per heavy atom. The van der Waals surface area contributed by atoms with Crippen molar-refractivity contribution in [3.8, 4) is 56.4 Å². The predicted octanol–water partition coefficient (Wildman–Crippen LogP) is 12.6. The normalized spacial score (nSPS) is 13.4. The minimum Gasteiger partial charge on any atom is -0.208 e. The van der Waals surface area contributed by atoms with Gasteiger partial charge < -0.3 is 0 Å². The third kappa shape index (κ3) is 4.58. The van der Waals surface area contributed by atoms with E-state index < -0.39 is 5.41 Å². The molecule has 1 aliphatic carbocycles. The molecule has 0 saturated carbocycles. The summed E-state index contributed by atoms with van der Waals surface area (Å²) in [5.41, 5.74) is 12.9. The highest BCUT2D eigenvalue weighted by atomic mass is 32.2. The Morgan fingerprint density at radius 3 is 1.49 bits per heavy atom. The molecule has 2 aromatic heterocycles. The van der Waals surface area contributed by atoms with Crippen molar-refractivity contribution in [2.24, 2.45) is 0 Å². The number of nitrogens with zero attached hydrogens (tertiary/aromatic N) is 3. The van der Waals surface area contributed by atoms with Crippen LogP contribution in [0.1, 0.15) is 22.3 Å². The monoisotopic (exact) mass is 711 g/mol. The Kier molecular flexibility index (Phi) is 6.88. The zero-order valence-corrected chi connectivity index (χ0v) is 30.0. The Hall–Kier alpha value is -6.14. The summed E-state index contributed by atoms with van der Waals surface area (Å²) in [7, 11) is 0. The van der Waals surface area contributed by atoms with Crippen molar-refractivity contribution in [3.63, 3.8) is 0 Å². The SMILES string of the molecule is c1ccc(-c2nc(-c3ccccc3)nc(-c3ccc(-c4cc5c(c6ccsc46)-c4ccccc4C54c5ccccc5Sc5ccccc54)cc3)n2)cc1. The molecule has 0 bridgehead atoms. The summed E-state index contributed by atoms with van der Waals surface area (Å²) in [6, 6.07) is 61.0. The van der Waals surface area contributed by atoms with E-state index in [0.29, 0.717) is 17.5 Å². The van der Waals surface area contributed by atoms with E-state index >= 15 is 0 Å². The van der Waals surface area contributed by atoms with Crippen LogP contribution in [0.15, 0.2) is 185 Å². The molecule has 0 atom stereocenters. The second kappa shape index (κ2) is 12.0. The van der Waals surface area contributed by atoms with Gasteiger partial charge in [-0.2, -0.15) is 0 Å². The third-order valence-electron chi connectivity index (χ3n) is 10.7. The average molecular weight is 712 g/mol. The number of hydrogen-bond donors (Lipinski definition) is 0. The molecule has 0 saturated heterocycles. The maximum absolute atomic E-state index is 4.99. The molecule has 0 fully saturated rings. The fraction of sp³-hybridized carbons (Fsp3) is 0.0208. The van der Waals surface area contributed by atoms with Gasteiger partial charge in [0.25, 0.3) is 0 Å². The van der Waals surface area contributed by atoms with E-state index in [4.69, 9.17) is 15.0 Å². The quantitative estimate of drug-likeness (QED) is 0.182. The zero-order chi connectivity index (χ0) is 34.9. The molecule has 0 amide bonds. The van der Waals surface area contributed by atoms with Gasteiger partial charge in [0, 0.05) is 36.6 Å². The first-order valence-electron chi connectivity index (χ1n) is 17.8. The number of thiophene rings is 1. The lowest BCUT2D eigenvalue weighted by molar-refractivity contribution is 0.723. The first kappa shape index (κ1) is 30.5. The van der Waals surface area contributed by atoms with Crippen LogP contribution >= 0.6 is 23.1 Å². The first-order valence-corrected chi connectivity index (χ1v) is 19.5. The number of rotatable bonds is 4. The summed E-state index contributed by atoms with van der Waals surface area (Å²) in [5.74, 6) is 1.98. The van der Waals surface area contributed by atoms with Gasteiger partial charge in [-0.15, -0.1) is 11.3 Å². The van der Waals surface area contributed by atoms with Crippen LogP contribution in [-0.4, -0.2) is 15.0 Å². The molecule has 248 valence electrons. The predicted molar refractivity (Wildman–Crippen MR) is 218 cm³/mol. The fourth-order valence-electron chi connectivity index (χ4n) is 8.43. The highest BCUT2D eigenvalue weighted by Crippen LogP contribution is 2.64. The summed E-state index contributed by atoms with van der Waals surface area (Å²) >= 11 is 3.70. The highest BCUT2D eigenvalue weighted by Gasteiger charge is 2.50. The molecule has 53 heavy (non-hydrogen) atoms. The summed E-state index contributed by atoms with van der Waals surface area (Å²) in [5, 5.41) is 3.55. The molecule has 0 N–H and O–H groups in total. The van der Waals surface area contributed by atoms with E-state index in [0.717, 1.165) is 16.7 Å². The van der Waals surface area contributed by atoms with Crippen molar-refractivity contribution < 1.29 is 0 Å². The molecule has 9 aromatic rings. The van der Waals surface area contributed by atoms with E-state index in [1.807, 2.05) is 83.8 Å². The molecule has 3 nitrogen and oxygen atoms in total. The van der Waals surface area contributed by atoms with E-state index in [9.17, 15) is 0 Å². The van der Waals surface area contributed by atoms with E-state index in [1.54, 1.807) is 0 Å². The maximum atomic E-state index is 4.99. The second-order valence-electron chi connectivity index (χ2n) is 13.5. The Balaban J connectivity index is 1.11. The molecule has 7 aromatic carbocycles. The summed E-state index contributed by atoms with van der Waals surface area (Å²) in [6.07, 6.45) is 0. The Labute approximate surface area is 315 Å². The van der Waals surface area contributed by atoms with E-state index in [-0.39, 0.29) is 0 Å². The van der Waals surface area contributed by atoms with Gasteiger partial charge in [-0.1, -0.05) is 157 Å². The highest BCUT2D eigenvalue weighted by molar-refractivity contribution is 7.99. The number of benzene rings is 7. The molecule has 1 spiro atoms. The molecule has 3 heterocycles. The third-order valence-corrected chi connectivity index (χ3v) is 12.8. The van der Waals surface area contributed by atoms with Gasteiger partial charge in [0.15, 0.2) is 17.5 Å². The van der Waals surface area contributed by atoms with Gasteiger partial charge in [-0.25, -0.2) is 15.0 Å². The smallest absolute Gasteiger partial charge is 0.164 e. The van der Waals surface area contributed by atoms with Gasteiger partial charge in [0.1, 0.15) is 0 Å². The van der Waals surface area contributed by atoms with Crippen LogP contribution in [0.3, 0.4) is 0 Å². The Morgan fingerprint density at radius 2 is 0.887 bits per heavy atom. The molecule has 11 rings (SSSR count). The molecule has 1 aliphatic heterocycles. The van der Waals surface area contributed by atoms with E-state index in [1.165, 1.54) is 64.4 Å². The fourth-order valence-corrected chi connectivity index (χ4v) is 10.6. The van der Waals surface area contributed by atoms with Crippen LogP contribution < -0.4 is 0 Å². The van der Waals surface area contributed by atoms with Crippen LogP contribution in [-0.2, 0) is 5.41 Å². The number of fused-ring (bicyclic) bond motifs is 11. The van der Waals surface area contributed by atoms with Crippen molar-refractivity contribution in [1.29, 1.82) is 0 Å². The van der Waals surface area contributed by atoms with Crippen LogP contribution in [0.2, 0.25) is 0 Å². The van der Waals surface area contributed by atoms with Crippen LogP contribution in [0.25, 0.3) is 66.5 Å². The van der Waals surface area contributed by atoms with Crippen molar-refractivity contribution in [1.82, 2.24) is 15.0 Å². The molecule has 5 heteroatoms. The summed E-state index contributed by atoms with van der Waals surface area (Å²) in [4.78, 5) is 17.5. The molecule has 0 radical (unpaired) electrons. The van der Waals surface area contributed by atoms with Crippen molar-refractivity contribution in [3.05, 3.63) is 197 Å². The molecule has 0 unspecified atom stereocenters. The van der Waals surface area contributed by atoms with Gasteiger partial charge in [-0.3, -0.25) is 0 Å². The van der Waals surface area contributed by atoms with Crippen LogP contribution in [0.5, 0.6) is 0 Å². The average Bonchev–Trinajstić information content (AvgIpc) is 3.83. The van der Waals surface area contributed by atoms with Crippen molar-refractivity contribution in [2.45, 2.75) is 15.2 Å². The van der Waals surface area contributed by atoms with Gasteiger partial charge in [-0.05, 0) is 74.2 Å². The number of hydrogen-bond acceptors (Lipinski definition) is 5. The largest absolute Gasteiger partial charge is 0.208 e. The first-order chi connectivity index (χ1) is 26.3. The van der Waals surface area contributed by atoms with Gasteiger partial charge >= 0.3 is 0 Å². The summed E-state index contributed by atoms with van der Waals surface area (Å²) in [6.45, 7) is 0. The lowest BCUT2D eigenvalue weighted by atomic mass is 9.67. The molecule has 2 aliphatic rings. The standard InChI is InChI=1S/C48H29N3S2/c1-3-13-31(14-4-1)45-49-46(32-15-5-2-6-16-32)51-47(50-45)33-25-23-30(24-26-33)36-29-40-43(35-27-28-52-44(35)36)34-17-7-8-18-37(34)48(40)38-19-9-11-21-41(38)53-42-22-12-10-20-39(42)48/h1-29H. The minimum absolute atomic E-state index is 0.429. The van der Waals surface area contributed by atoms with Crippen LogP contribution in [0.4, 0.5) is 0 Å². The van der Waals surface area contributed by atoms with Gasteiger partial charge in [0.05, 0.1) is 5.41 Å².